The van der Waals surface area contributed by atoms with Gasteiger partial charge in [0.15, 0.2) is 0 Å². The highest BCUT2D eigenvalue weighted by Crippen LogP contribution is 2.36. The molecule has 0 saturated carbocycles. The molecular formula is C16H18BrNO5. The van der Waals surface area contributed by atoms with Crippen LogP contribution in [0.2, 0.25) is 0 Å². The van der Waals surface area contributed by atoms with E-state index >= 15 is 0 Å². The zero-order valence-electron chi connectivity index (χ0n) is 12.9. The Hall–Kier alpha value is -1.86. The van der Waals surface area contributed by atoms with E-state index in [-0.39, 0.29) is 11.3 Å². The molecule has 0 unspecified atom stereocenters. The van der Waals surface area contributed by atoms with Crippen LogP contribution in [0.3, 0.4) is 0 Å². The van der Waals surface area contributed by atoms with E-state index in [1.807, 2.05) is 0 Å². The third-order valence-electron chi connectivity index (χ3n) is 3.39. The summed E-state index contributed by atoms with van der Waals surface area (Å²) in [7, 11) is 1.63. The molecule has 2 aromatic rings. The first-order valence-electron chi connectivity index (χ1n) is 7.19. The number of aromatic nitrogens is 1. The standard InChI is InChI=1S/C16H18BrNO5/c1-3-11-14(16(20)21)15(19)9-7-10(17)13(8-12(9)18-11)23-6-4-5-22-2/h7-8H,3-6H2,1-2H3,(H,18,19)(H,20,21). The van der Waals surface area contributed by atoms with Gasteiger partial charge in [0.1, 0.15) is 17.1 Å². The number of carboxylic acid groups (broad SMARTS) is 1. The number of ether oxygens (including phenoxy) is 2. The largest absolute Gasteiger partial charge is 0.506 e. The lowest BCUT2D eigenvalue weighted by molar-refractivity contribution is 0.0692. The second-order valence-corrected chi connectivity index (χ2v) is 5.79. The summed E-state index contributed by atoms with van der Waals surface area (Å²) in [5.74, 6) is -0.874. The molecule has 0 aliphatic heterocycles. The van der Waals surface area contributed by atoms with Gasteiger partial charge in [-0.3, -0.25) is 4.98 Å². The fraction of sp³-hybridized carbons (Fsp3) is 0.375. The van der Waals surface area contributed by atoms with Gasteiger partial charge in [-0.05, 0) is 28.4 Å². The first-order valence-corrected chi connectivity index (χ1v) is 7.99. The van der Waals surface area contributed by atoms with Crippen LogP contribution in [-0.2, 0) is 11.2 Å². The number of rotatable bonds is 7. The van der Waals surface area contributed by atoms with Crippen LogP contribution < -0.4 is 4.74 Å². The monoisotopic (exact) mass is 383 g/mol. The molecule has 0 atom stereocenters. The zero-order chi connectivity index (χ0) is 17.0. The maximum absolute atomic E-state index is 11.4. The lowest BCUT2D eigenvalue weighted by Gasteiger charge is -2.13. The fourth-order valence-corrected chi connectivity index (χ4v) is 2.73. The molecule has 0 spiro atoms. The molecule has 0 aliphatic carbocycles. The van der Waals surface area contributed by atoms with Crippen LogP contribution in [0.15, 0.2) is 16.6 Å². The summed E-state index contributed by atoms with van der Waals surface area (Å²) < 4.78 is 11.3. The van der Waals surface area contributed by atoms with Gasteiger partial charge in [0.25, 0.3) is 0 Å². The molecule has 1 heterocycles. The second-order valence-electron chi connectivity index (χ2n) is 4.94. The third kappa shape index (κ3) is 3.73. The predicted molar refractivity (Wildman–Crippen MR) is 89.4 cm³/mol. The van der Waals surface area contributed by atoms with Gasteiger partial charge >= 0.3 is 5.97 Å². The molecule has 6 nitrogen and oxygen atoms in total. The Bertz CT molecular complexity index is 732. The minimum Gasteiger partial charge on any atom is -0.506 e. The minimum atomic E-state index is -1.19. The Labute approximate surface area is 142 Å². The van der Waals surface area contributed by atoms with Gasteiger partial charge in [-0.1, -0.05) is 6.92 Å². The average molecular weight is 384 g/mol. The van der Waals surface area contributed by atoms with Gasteiger partial charge < -0.3 is 19.7 Å². The maximum Gasteiger partial charge on any atom is 0.341 e. The van der Waals surface area contributed by atoms with Crippen LogP contribution in [0.25, 0.3) is 10.9 Å². The molecule has 0 radical (unpaired) electrons. The molecule has 23 heavy (non-hydrogen) atoms. The highest BCUT2D eigenvalue weighted by molar-refractivity contribution is 9.10. The first-order chi connectivity index (χ1) is 11.0. The lowest BCUT2D eigenvalue weighted by atomic mass is 10.1. The SMILES string of the molecule is CCc1nc2cc(OCCCOC)c(Br)cc2c(O)c1C(=O)O. The van der Waals surface area contributed by atoms with Crippen molar-refractivity contribution in [2.75, 3.05) is 20.3 Å². The van der Waals surface area contributed by atoms with Gasteiger partial charge in [0.2, 0.25) is 0 Å². The van der Waals surface area contributed by atoms with E-state index in [1.54, 1.807) is 26.2 Å². The molecule has 1 aromatic heterocycles. The van der Waals surface area contributed by atoms with E-state index in [0.717, 1.165) is 6.42 Å². The molecule has 0 bridgehead atoms. The summed E-state index contributed by atoms with van der Waals surface area (Å²) in [6.07, 6.45) is 1.16. The molecule has 0 saturated heterocycles. The number of nitrogens with zero attached hydrogens (tertiary/aromatic N) is 1. The number of aromatic hydroxyl groups is 1. The minimum absolute atomic E-state index is 0.152. The van der Waals surface area contributed by atoms with Gasteiger partial charge in [-0.2, -0.15) is 0 Å². The summed E-state index contributed by atoms with van der Waals surface area (Å²) in [6, 6.07) is 3.31. The molecule has 124 valence electrons. The summed E-state index contributed by atoms with van der Waals surface area (Å²) in [5.41, 5.74) is 0.685. The van der Waals surface area contributed by atoms with Crippen molar-refractivity contribution in [2.45, 2.75) is 19.8 Å². The third-order valence-corrected chi connectivity index (χ3v) is 4.00. The van der Waals surface area contributed by atoms with Crippen LogP contribution in [0, 0.1) is 0 Å². The van der Waals surface area contributed by atoms with E-state index in [9.17, 15) is 15.0 Å². The molecular weight excluding hydrogens is 366 g/mol. The number of hydrogen-bond acceptors (Lipinski definition) is 5. The van der Waals surface area contributed by atoms with Crippen molar-refractivity contribution in [3.8, 4) is 11.5 Å². The van der Waals surface area contributed by atoms with Crippen molar-refractivity contribution >= 4 is 32.8 Å². The van der Waals surface area contributed by atoms with E-state index in [2.05, 4.69) is 20.9 Å². The quantitative estimate of drug-likeness (QED) is 0.712. The topological polar surface area (TPSA) is 88.9 Å². The van der Waals surface area contributed by atoms with Crippen molar-refractivity contribution in [3.63, 3.8) is 0 Å². The van der Waals surface area contributed by atoms with Crippen molar-refractivity contribution in [3.05, 3.63) is 27.9 Å². The average Bonchev–Trinajstić information content (AvgIpc) is 2.52. The predicted octanol–water partition coefficient (Wildman–Crippen LogP) is 3.38. The zero-order valence-corrected chi connectivity index (χ0v) is 14.5. The number of aryl methyl sites for hydroxylation is 1. The van der Waals surface area contributed by atoms with E-state index in [1.165, 1.54) is 0 Å². The molecule has 0 fully saturated rings. The van der Waals surface area contributed by atoms with Crippen LogP contribution in [0.1, 0.15) is 29.4 Å². The number of carbonyl (C=O) groups is 1. The summed E-state index contributed by atoms with van der Waals surface area (Å²) in [6.45, 7) is 2.88. The lowest BCUT2D eigenvalue weighted by Crippen LogP contribution is -2.06. The van der Waals surface area contributed by atoms with Gasteiger partial charge in [0, 0.05) is 31.6 Å². The number of hydrogen-bond donors (Lipinski definition) is 2. The molecule has 0 aliphatic rings. The van der Waals surface area contributed by atoms with E-state index < -0.39 is 5.97 Å². The number of carboxylic acids is 1. The summed E-state index contributed by atoms with van der Waals surface area (Å²) in [4.78, 5) is 15.7. The number of pyridine rings is 1. The number of aromatic carboxylic acids is 1. The van der Waals surface area contributed by atoms with Crippen molar-refractivity contribution in [1.82, 2.24) is 4.98 Å². The van der Waals surface area contributed by atoms with Gasteiger partial charge in [-0.25, -0.2) is 4.79 Å². The van der Waals surface area contributed by atoms with E-state index in [4.69, 9.17) is 9.47 Å². The highest BCUT2D eigenvalue weighted by atomic mass is 79.9. The number of methoxy groups -OCH3 is 1. The van der Waals surface area contributed by atoms with Crippen LogP contribution in [0.4, 0.5) is 0 Å². The maximum atomic E-state index is 11.4. The molecule has 0 amide bonds. The number of benzene rings is 1. The summed E-state index contributed by atoms with van der Waals surface area (Å²) >= 11 is 3.38. The van der Waals surface area contributed by atoms with Crippen molar-refractivity contribution < 1.29 is 24.5 Å². The number of halogens is 1. The van der Waals surface area contributed by atoms with Gasteiger partial charge in [-0.15, -0.1) is 0 Å². The Kier molecular flexibility index (Phi) is 5.79. The Morgan fingerprint density at radius 1 is 1.35 bits per heavy atom. The fourth-order valence-electron chi connectivity index (χ4n) is 2.27. The van der Waals surface area contributed by atoms with Crippen LogP contribution in [-0.4, -0.2) is 41.5 Å². The molecule has 1 aromatic carbocycles. The molecule has 7 heteroatoms. The number of fused-ring (bicyclic) bond motifs is 1. The van der Waals surface area contributed by atoms with Crippen molar-refractivity contribution in [2.24, 2.45) is 0 Å². The van der Waals surface area contributed by atoms with Gasteiger partial charge in [0.05, 0.1) is 22.3 Å². The highest BCUT2D eigenvalue weighted by Gasteiger charge is 2.20. The van der Waals surface area contributed by atoms with Crippen molar-refractivity contribution in [1.29, 1.82) is 0 Å². The smallest absolute Gasteiger partial charge is 0.341 e. The Morgan fingerprint density at radius 2 is 2.09 bits per heavy atom. The molecule has 2 N–H and O–H groups in total. The van der Waals surface area contributed by atoms with E-state index in [0.29, 0.717) is 46.5 Å². The molecule has 2 rings (SSSR count). The van der Waals surface area contributed by atoms with Crippen LogP contribution in [0.5, 0.6) is 11.5 Å². The normalized spacial score (nSPS) is 10.9. The van der Waals surface area contributed by atoms with Crippen LogP contribution >= 0.6 is 15.9 Å². The summed E-state index contributed by atoms with van der Waals surface area (Å²) in [5, 5.41) is 19.9. The first kappa shape index (κ1) is 17.5. The second kappa shape index (κ2) is 7.61. The Morgan fingerprint density at radius 3 is 2.70 bits per heavy atom. The Balaban J connectivity index is 2.47.